The Balaban J connectivity index is 2.38. The van der Waals surface area contributed by atoms with Crippen LogP contribution in [0.2, 0.25) is 0 Å². The molecule has 0 saturated carbocycles. The van der Waals surface area contributed by atoms with Crippen LogP contribution in [0.15, 0.2) is 18.2 Å². The molecule has 0 spiro atoms. The summed E-state index contributed by atoms with van der Waals surface area (Å²) in [5.74, 6) is -0.951. The molecule has 17 heavy (non-hydrogen) atoms. The number of hydrogen-bond donors (Lipinski definition) is 0. The number of benzene rings is 1. The molecule has 95 valence electrons. The minimum absolute atomic E-state index is 0.0924. The van der Waals surface area contributed by atoms with Gasteiger partial charge in [0.15, 0.2) is 0 Å². The number of halogens is 3. The Bertz CT molecular complexity index is 339. The molecule has 0 amide bonds. The monoisotopic (exact) mass is 351 g/mol. The van der Waals surface area contributed by atoms with Crippen molar-refractivity contribution in [3.05, 3.63) is 41.8 Å². The molecule has 0 saturated heterocycles. The predicted octanol–water partition coefficient (Wildman–Crippen LogP) is 5.62. The molecular formula is C14H18F2I. The molecule has 0 aliphatic rings. The molecule has 1 aromatic rings. The number of alkyl halides is 1. The third kappa shape index (κ3) is 5.32. The van der Waals surface area contributed by atoms with Crippen LogP contribution in [-0.2, 0) is 0 Å². The summed E-state index contributed by atoms with van der Waals surface area (Å²) in [6, 6.07) is 3.82. The number of hydrogen-bond acceptors (Lipinski definition) is 0. The average Bonchev–Trinajstić information content (AvgIpc) is 2.28. The zero-order chi connectivity index (χ0) is 12.7. The van der Waals surface area contributed by atoms with Gasteiger partial charge in [-0.15, -0.1) is 0 Å². The Hall–Kier alpha value is -0.190. The van der Waals surface area contributed by atoms with E-state index in [-0.39, 0.29) is 3.92 Å². The van der Waals surface area contributed by atoms with Crippen LogP contribution in [0.4, 0.5) is 8.78 Å². The Morgan fingerprint density at radius 1 is 1.29 bits per heavy atom. The van der Waals surface area contributed by atoms with E-state index in [4.69, 9.17) is 0 Å². The molecule has 0 aliphatic heterocycles. The molecule has 1 atom stereocenters. The number of unbranched alkanes of at least 4 members (excludes halogenated alkanes) is 4. The fourth-order valence-corrected chi connectivity index (χ4v) is 2.55. The van der Waals surface area contributed by atoms with Gasteiger partial charge in [-0.05, 0) is 18.9 Å². The lowest BCUT2D eigenvalue weighted by Crippen LogP contribution is -1.96. The van der Waals surface area contributed by atoms with Gasteiger partial charge in [-0.2, -0.15) is 0 Å². The van der Waals surface area contributed by atoms with Gasteiger partial charge in [-0.1, -0.05) is 61.3 Å². The van der Waals surface area contributed by atoms with Gasteiger partial charge in [0, 0.05) is 15.6 Å². The van der Waals surface area contributed by atoms with E-state index in [2.05, 4.69) is 35.9 Å². The van der Waals surface area contributed by atoms with E-state index in [0.717, 1.165) is 18.9 Å². The van der Waals surface area contributed by atoms with Gasteiger partial charge in [0.05, 0.1) is 0 Å². The topological polar surface area (TPSA) is 0 Å². The van der Waals surface area contributed by atoms with E-state index in [9.17, 15) is 8.78 Å². The molecule has 0 N–H and O–H groups in total. The number of rotatable bonds is 7. The van der Waals surface area contributed by atoms with Crippen LogP contribution in [0.1, 0.15) is 48.5 Å². The molecule has 1 unspecified atom stereocenters. The van der Waals surface area contributed by atoms with E-state index in [1.54, 1.807) is 6.07 Å². The minimum Gasteiger partial charge on any atom is -0.207 e. The summed E-state index contributed by atoms with van der Waals surface area (Å²) in [6.45, 7) is 2.18. The molecular weight excluding hydrogens is 333 g/mol. The summed E-state index contributed by atoms with van der Waals surface area (Å²) in [5, 5.41) is 0. The van der Waals surface area contributed by atoms with Crippen LogP contribution >= 0.6 is 22.6 Å². The molecule has 3 heteroatoms. The van der Waals surface area contributed by atoms with Gasteiger partial charge in [-0.25, -0.2) is 8.78 Å². The Labute approximate surface area is 116 Å². The maximum Gasteiger partial charge on any atom is 0.130 e. The summed E-state index contributed by atoms with van der Waals surface area (Å²) in [5.41, 5.74) is 0.596. The Morgan fingerprint density at radius 3 is 2.71 bits per heavy atom. The summed E-state index contributed by atoms with van der Waals surface area (Å²) in [6.07, 6.45) is 7.78. The minimum atomic E-state index is -0.512. The van der Waals surface area contributed by atoms with Crippen molar-refractivity contribution in [1.29, 1.82) is 0 Å². The van der Waals surface area contributed by atoms with Gasteiger partial charge in [-0.3, -0.25) is 0 Å². The van der Waals surface area contributed by atoms with Crippen LogP contribution in [-0.4, -0.2) is 0 Å². The normalized spacial score (nSPS) is 12.7. The van der Waals surface area contributed by atoms with E-state index >= 15 is 0 Å². The molecule has 0 nitrogen and oxygen atoms in total. The summed E-state index contributed by atoms with van der Waals surface area (Å²) >= 11 is 2.21. The van der Waals surface area contributed by atoms with Crippen molar-refractivity contribution in [3.8, 4) is 0 Å². The van der Waals surface area contributed by atoms with Crippen molar-refractivity contribution in [1.82, 2.24) is 0 Å². The standard InChI is InChI=1S/C14H18F2I/c1-2-3-4-5-6-7-14(17)12-9-8-11(15)10-13(12)16/h6,8-10,14H,2-5,7H2,1H3. The molecule has 0 aliphatic carbocycles. The third-order valence-corrected chi connectivity index (χ3v) is 3.86. The molecule has 1 radical (unpaired) electrons. The Kier molecular flexibility index (Phi) is 7.00. The van der Waals surface area contributed by atoms with Gasteiger partial charge in [0.25, 0.3) is 0 Å². The molecule has 0 bridgehead atoms. The maximum atomic E-state index is 13.5. The fourth-order valence-electron chi connectivity index (χ4n) is 1.69. The maximum absolute atomic E-state index is 13.5. The van der Waals surface area contributed by atoms with Crippen LogP contribution in [0.5, 0.6) is 0 Å². The third-order valence-electron chi connectivity index (χ3n) is 2.69. The van der Waals surface area contributed by atoms with Crippen molar-refractivity contribution >= 4 is 22.6 Å². The lowest BCUT2D eigenvalue weighted by molar-refractivity contribution is 0.570. The van der Waals surface area contributed by atoms with Crippen molar-refractivity contribution in [3.63, 3.8) is 0 Å². The molecule has 1 rings (SSSR count). The first kappa shape index (κ1) is 14.9. The van der Waals surface area contributed by atoms with Crippen LogP contribution in [0, 0.1) is 18.1 Å². The van der Waals surface area contributed by atoms with Gasteiger partial charge in [0.2, 0.25) is 0 Å². The summed E-state index contributed by atoms with van der Waals surface area (Å²) < 4.78 is 26.3. The zero-order valence-electron chi connectivity index (χ0n) is 10.1. The first-order valence-corrected chi connectivity index (χ1v) is 7.30. The van der Waals surface area contributed by atoms with E-state index in [1.807, 2.05) is 0 Å². The largest absolute Gasteiger partial charge is 0.207 e. The second-order valence-electron chi connectivity index (χ2n) is 4.15. The molecule has 0 fully saturated rings. The van der Waals surface area contributed by atoms with Crippen LogP contribution < -0.4 is 0 Å². The van der Waals surface area contributed by atoms with Crippen molar-refractivity contribution < 1.29 is 8.78 Å². The van der Waals surface area contributed by atoms with Crippen LogP contribution in [0.3, 0.4) is 0 Å². The van der Waals surface area contributed by atoms with E-state index in [0.29, 0.717) is 5.56 Å². The highest BCUT2D eigenvalue weighted by Crippen LogP contribution is 2.31. The van der Waals surface area contributed by atoms with Crippen molar-refractivity contribution in [2.45, 2.75) is 43.0 Å². The second kappa shape index (κ2) is 8.01. The van der Waals surface area contributed by atoms with Crippen LogP contribution in [0.25, 0.3) is 0 Å². The highest BCUT2D eigenvalue weighted by atomic mass is 127. The van der Waals surface area contributed by atoms with Gasteiger partial charge >= 0.3 is 0 Å². The van der Waals surface area contributed by atoms with Gasteiger partial charge < -0.3 is 0 Å². The molecule has 1 aromatic carbocycles. The van der Waals surface area contributed by atoms with Gasteiger partial charge in [0.1, 0.15) is 11.6 Å². The molecule has 0 aromatic heterocycles. The Morgan fingerprint density at radius 2 is 2.06 bits per heavy atom. The van der Waals surface area contributed by atoms with E-state index < -0.39 is 11.6 Å². The highest BCUT2D eigenvalue weighted by Gasteiger charge is 2.12. The quantitative estimate of drug-likeness (QED) is 0.340. The summed E-state index contributed by atoms with van der Waals surface area (Å²) in [7, 11) is 0. The average molecular weight is 351 g/mol. The second-order valence-corrected chi connectivity index (χ2v) is 5.66. The predicted molar refractivity (Wildman–Crippen MR) is 76.2 cm³/mol. The highest BCUT2D eigenvalue weighted by molar-refractivity contribution is 14.1. The smallest absolute Gasteiger partial charge is 0.130 e. The molecule has 0 heterocycles. The SMILES string of the molecule is CCCCC[CH]CC(I)c1ccc(F)cc1F. The fraction of sp³-hybridized carbons (Fsp3) is 0.500. The zero-order valence-corrected chi connectivity index (χ0v) is 12.2. The van der Waals surface area contributed by atoms with Crippen molar-refractivity contribution in [2.75, 3.05) is 0 Å². The first-order chi connectivity index (χ1) is 8.15. The lowest BCUT2D eigenvalue weighted by atomic mass is 10.0. The lowest BCUT2D eigenvalue weighted by Gasteiger charge is -2.11. The first-order valence-electron chi connectivity index (χ1n) is 6.05. The summed E-state index contributed by atoms with van der Waals surface area (Å²) in [4.78, 5) is 0. The van der Waals surface area contributed by atoms with Crippen molar-refractivity contribution in [2.24, 2.45) is 0 Å². The van der Waals surface area contributed by atoms with E-state index in [1.165, 1.54) is 25.3 Å².